The zero-order valence-corrected chi connectivity index (χ0v) is 11.4. The van der Waals surface area contributed by atoms with Crippen molar-refractivity contribution in [3.63, 3.8) is 0 Å². The van der Waals surface area contributed by atoms with Gasteiger partial charge in [-0.25, -0.2) is 0 Å². The molecule has 17 heavy (non-hydrogen) atoms. The van der Waals surface area contributed by atoms with Crippen molar-refractivity contribution in [2.45, 2.75) is 13.0 Å². The number of rotatable bonds is 2. The molecule has 2 rings (SSSR count). The number of carbonyl (C=O) groups is 1. The van der Waals surface area contributed by atoms with Crippen LogP contribution in [0.2, 0.25) is 0 Å². The van der Waals surface area contributed by atoms with Gasteiger partial charge in [0.15, 0.2) is 0 Å². The number of hydrogen-bond acceptors (Lipinski definition) is 2. The van der Waals surface area contributed by atoms with Crippen LogP contribution in [0.25, 0.3) is 0 Å². The summed E-state index contributed by atoms with van der Waals surface area (Å²) >= 11 is 3.43. The Morgan fingerprint density at radius 2 is 2.41 bits per heavy atom. The van der Waals surface area contributed by atoms with Crippen LogP contribution in [0.4, 0.5) is 0 Å². The summed E-state index contributed by atoms with van der Waals surface area (Å²) in [6.45, 7) is 3.91. The first-order valence-electron chi connectivity index (χ1n) is 5.73. The van der Waals surface area contributed by atoms with Crippen LogP contribution >= 0.6 is 15.9 Å². The monoisotopic (exact) mass is 297 g/mol. The van der Waals surface area contributed by atoms with Crippen LogP contribution in [-0.2, 0) is 4.74 Å². The third-order valence-electron chi connectivity index (χ3n) is 2.93. The first-order valence-corrected chi connectivity index (χ1v) is 6.86. The second kappa shape index (κ2) is 5.65. The van der Waals surface area contributed by atoms with E-state index >= 15 is 0 Å². The average Bonchev–Trinajstić information content (AvgIpc) is 2.38. The minimum atomic E-state index is 0.0986. The number of aryl methyl sites for hydroxylation is 1. The lowest BCUT2D eigenvalue weighted by molar-refractivity contribution is 0.00524. The minimum Gasteiger partial charge on any atom is -0.377 e. The summed E-state index contributed by atoms with van der Waals surface area (Å²) in [7, 11) is 0. The van der Waals surface area contributed by atoms with Gasteiger partial charge in [-0.3, -0.25) is 4.79 Å². The summed E-state index contributed by atoms with van der Waals surface area (Å²) in [4.78, 5) is 14.3. The molecule has 4 heteroatoms. The topological polar surface area (TPSA) is 29.5 Å². The second-order valence-electron chi connectivity index (χ2n) is 4.25. The van der Waals surface area contributed by atoms with Crippen molar-refractivity contribution in [3.8, 4) is 0 Å². The van der Waals surface area contributed by atoms with E-state index < -0.39 is 0 Å². The Labute approximate surface area is 110 Å². The largest absolute Gasteiger partial charge is 0.377 e. The van der Waals surface area contributed by atoms with Crippen molar-refractivity contribution >= 4 is 21.8 Å². The lowest BCUT2D eigenvalue weighted by Gasteiger charge is -2.34. The van der Waals surface area contributed by atoms with Gasteiger partial charge in [0.05, 0.1) is 19.3 Å². The smallest absolute Gasteiger partial charge is 0.254 e. The molecule has 92 valence electrons. The molecule has 0 aromatic heterocycles. The highest BCUT2D eigenvalue weighted by Gasteiger charge is 2.27. The fourth-order valence-corrected chi connectivity index (χ4v) is 2.53. The molecule has 0 aliphatic carbocycles. The molecule has 1 aromatic rings. The van der Waals surface area contributed by atoms with Crippen molar-refractivity contribution in [2.75, 3.05) is 25.1 Å². The van der Waals surface area contributed by atoms with E-state index in [0.29, 0.717) is 19.8 Å². The summed E-state index contributed by atoms with van der Waals surface area (Å²) in [5.74, 6) is 0.0986. The van der Waals surface area contributed by atoms with Crippen LogP contribution in [0.15, 0.2) is 24.3 Å². The molecule has 1 atom stereocenters. The Hall–Kier alpha value is -0.870. The Morgan fingerprint density at radius 3 is 3.12 bits per heavy atom. The van der Waals surface area contributed by atoms with Crippen LogP contribution < -0.4 is 0 Å². The van der Waals surface area contributed by atoms with Gasteiger partial charge in [-0.05, 0) is 19.1 Å². The van der Waals surface area contributed by atoms with Gasteiger partial charge in [0, 0.05) is 17.4 Å². The Bertz CT molecular complexity index is 408. The number of halogens is 1. The molecular weight excluding hydrogens is 282 g/mol. The third-order valence-corrected chi connectivity index (χ3v) is 3.68. The summed E-state index contributed by atoms with van der Waals surface area (Å²) in [6, 6.07) is 7.86. The quantitative estimate of drug-likeness (QED) is 0.784. The van der Waals surface area contributed by atoms with Crippen molar-refractivity contribution in [1.29, 1.82) is 0 Å². The van der Waals surface area contributed by atoms with E-state index in [9.17, 15) is 4.79 Å². The summed E-state index contributed by atoms with van der Waals surface area (Å²) in [6.07, 6.45) is 0. The van der Waals surface area contributed by atoms with Crippen LogP contribution in [-0.4, -0.2) is 41.9 Å². The van der Waals surface area contributed by atoms with Crippen LogP contribution in [0, 0.1) is 6.92 Å². The molecule has 1 amide bonds. The van der Waals surface area contributed by atoms with Gasteiger partial charge in [0.2, 0.25) is 0 Å². The van der Waals surface area contributed by atoms with E-state index in [4.69, 9.17) is 4.74 Å². The Kier molecular flexibility index (Phi) is 4.18. The van der Waals surface area contributed by atoms with Gasteiger partial charge in [-0.1, -0.05) is 33.6 Å². The van der Waals surface area contributed by atoms with Gasteiger partial charge < -0.3 is 9.64 Å². The summed E-state index contributed by atoms with van der Waals surface area (Å²) in [5, 5.41) is 0.755. The molecule has 3 nitrogen and oxygen atoms in total. The molecule has 0 N–H and O–H groups in total. The Morgan fingerprint density at radius 1 is 1.59 bits per heavy atom. The number of amides is 1. The molecule has 1 saturated heterocycles. The molecule has 0 radical (unpaired) electrons. The number of morpholine rings is 1. The standard InChI is InChI=1S/C13H16BrNO2/c1-10-3-2-4-11(7-10)13(16)15-5-6-17-9-12(15)8-14/h2-4,7,12H,5-6,8-9H2,1H3. The molecule has 1 aromatic carbocycles. The predicted octanol–water partition coefficient (Wildman–Crippen LogP) is 2.23. The van der Waals surface area contributed by atoms with Crippen molar-refractivity contribution in [1.82, 2.24) is 4.90 Å². The molecule has 1 aliphatic rings. The van der Waals surface area contributed by atoms with E-state index in [1.807, 2.05) is 36.1 Å². The fourth-order valence-electron chi connectivity index (χ4n) is 1.99. The number of benzene rings is 1. The van der Waals surface area contributed by atoms with E-state index in [2.05, 4.69) is 15.9 Å². The maximum Gasteiger partial charge on any atom is 0.254 e. The second-order valence-corrected chi connectivity index (χ2v) is 4.90. The fraction of sp³-hybridized carbons (Fsp3) is 0.462. The molecule has 1 unspecified atom stereocenters. The number of alkyl halides is 1. The Balaban J connectivity index is 2.18. The lowest BCUT2D eigenvalue weighted by Crippen LogP contribution is -2.49. The van der Waals surface area contributed by atoms with Gasteiger partial charge in [0.1, 0.15) is 0 Å². The maximum atomic E-state index is 12.4. The minimum absolute atomic E-state index is 0.0986. The highest BCUT2D eigenvalue weighted by molar-refractivity contribution is 9.09. The van der Waals surface area contributed by atoms with E-state index in [0.717, 1.165) is 16.5 Å². The van der Waals surface area contributed by atoms with Crippen molar-refractivity contribution in [2.24, 2.45) is 0 Å². The summed E-state index contributed by atoms with van der Waals surface area (Å²) in [5.41, 5.74) is 1.87. The summed E-state index contributed by atoms with van der Waals surface area (Å²) < 4.78 is 5.39. The molecule has 1 aliphatic heterocycles. The molecular formula is C13H16BrNO2. The lowest BCUT2D eigenvalue weighted by atomic mass is 10.1. The molecule has 0 saturated carbocycles. The molecule has 0 spiro atoms. The normalized spacial score (nSPS) is 20.4. The molecule has 1 heterocycles. The van der Waals surface area contributed by atoms with Crippen molar-refractivity contribution in [3.05, 3.63) is 35.4 Å². The zero-order chi connectivity index (χ0) is 12.3. The van der Waals surface area contributed by atoms with Crippen LogP contribution in [0.1, 0.15) is 15.9 Å². The molecule has 0 bridgehead atoms. The zero-order valence-electron chi connectivity index (χ0n) is 9.86. The van der Waals surface area contributed by atoms with E-state index in [1.54, 1.807) is 0 Å². The predicted molar refractivity (Wildman–Crippen MR) is 70.6 cm³/mol. The van der Waals surface area contributed by atoms with Gasteiger partial charge in [-0.15, -0.1) is 0 Å². The maximum absolute atomic E-state index is 12.4. The van der Waals surface area contributed by atoms with Gasteiger partial charge in [-0.2, -0.15) is 0 Å². The number of carbonyl (C=O) groups excluding carboxylic acids is 1. The van der Waals surface area contributed by atoms with E-state index in [-0.39, 0.29) is 11.9 Å². The van der Waals surface area contributed by atoms with Crippen LogP contribution in [0.3, 0.4) is 0 Å². The first kappa shape index (κ1) is 12.6. The number of nitrogens with zero attached hydrogens (tertiary/aromatic N) is 1. The highest BCUT2D eigenvalue weighted by atomic mass is 79.9. The van der Waals surface area contributed by atoms with Gasteiger partial charge in [0.25, 0.3) is 5.91 Å². The molecule has 1 fully saturated rings. The highest BCUT2D eigenvalue weighted by Crippen LogP contribution is 2.15. The third kappa shape index (κ3) is 2.87. The average molecular weight is 298 g/mol. The van der Waals surface area contributed by atoms with Gasteiger partial charge >= 0.3 is 0 Å². The first-order chi connectivity index (χ1) is 8.22. The number of ether oxygens (including phenoxy) is 1. The van der Waals surface area contributed by atoms with E-state index in [1.165, 1.54) is 0 Å². The SMILES string of the molecule is Cc1cccc(C(=O)N2CCOCC2CBr)c1. The number of hydrogen-bond donors (Lipinski definition) is 0. The van der Waals surface area contributed by atoms with Crippen molar-refractivity contribution < 1.29 is 9.53 Å². The van der Waals surface area contributed by atoms with Crippen LogP contribution in [0.5, 0.6) is 0 Å².